The van der Waals surface area contributed by atoms with E-state index >= 15 is 0 Å². The standard InChI is InChI=1S/C14H28N3O/c1-4-16(5-2)14(18)9-12-17(6-3)13-7-10-15-11-8-13/h13H,4-12H2,1-3H3. The number of hydrogen-bond acceptors (Lipinski definition) is 2. The summed E-state index contributed by atoms with van der Waals surface area (Å²) >= 11 is 0. The highest BCUT2D eigenvalue weighted by molar-refractivity contribution is 5.76. The van der Waals surface area contributed by atoms with Crippen molar-refractivity contribution in [3.8, 4) is 0 Å². The molecule has 105 valence electrons. The molecule has 1 fully saturated rings. The van der Waals surface area contributed by atoms with Gasteiger partial charge in [0.2, 0.25) is 5.91 Å². The van der Waals surface area contributed by atoms with Crippen LogP contribution in [0.5, 0.6) is 0 Å². The molecule has 1 aliphatic heterocycles. The number of carbonyl (C=O) groups excluding carboxylic acids is 1. The van der Waals surface area contributed by atoms with Crippen LogP contribution in [0.4, 0.5) is 0 Å². The van der Waals surface area contributed by atoms with Crippen LogP contribution < -0.4 is 5.32 Å². The predicted molar refractivity (Wildman–Crippen MR) is 74.7 cm³/mol. The van der Waals surface area contributed by atoms with Gasteiger partial charge in [0.15, 0.2) is 0 Å². The first kappa shape index (κ1) is 15.4. The Labute approximate surface area is 112 Å². The van der Waals surface area contributed by atoms with Crippen molar-refractivity contribution in [1.82, 2.24) is 15.1 Å². The highest BCUT2D eigenvalue weighted by Gasteiger charge is 2.21. The number of piperidine rings is 1. The molecule has 0 aromatic rings. The average Bonchev–Trinajstić information content (AvgIpc) is 2.42. The molecule has 0 atom stereocenters. The van der Waals surface area contributed by atoms with Crippen LogP contribution in [-0.4, -0.2) is 61.0 Å². The summed E-state index contributed by atoms with van der Waals surface area (Å²) in [5.74, 6) is 0.291. The van der Waals surface area contributed by atoms with Gasteiger partial charge in [-0.15, -0.1) is 0 Å². The Morgan fingerprint density at radius 1 is 1.11 bits per heavy atom. The van der Waals surface area contributed by atoms with E-state index in [-0.39, 0.29) is 0 Å². The van der Waals surface area contributed by atoms with Gasteiger partial charge < -0.3 is 9.80 Å². The third-order valence-electron chi connectivity index (χ3n) is 3.89. The van der Waals surface area contributed by atoms with Crippen molar-refractivity contribution in [2.75, 3.05) is 39.3 Å². The van der Waals surface area contributed by atoms with Gasteiger partial charge in [0.05, 0.1) is 0 Å². The predicted octanol–water partition coefficient (Wildman–Crippen LogP) is 1.33. The summed E-state index contributed by atoms with van der Waals surface area (Å²) in [5.41, 5.74) is 0. The highest BCUT2D eigenvalue weighted by Crippen LogP contribution is 2.13. The molecule has 1 aliphatic rings. The van der Waals surface area contributed by atoms with Crippen LogP contribution in [0.15, 0.2) is 0 Å². The van der Waals surface area contributed by atoms with Crippen molar-refractivity contribution in [2.24, 2.45) is 0 Å². The van der Waals surface area contributed by atoms with Gasteiger partial charge in [-0.1, -0.05) is 6.92 Å². The minimum atomic E-state index is 0.291. The van der Waals surface area contributed by atoms with E-state index in [4.69, 9.17) is 0 Å². The number of hydrogen-bond donors (Lipinski definition) is 0. The fourth-order valence-corrected chi connectivity index (χ4v) is 2.67. The van der Waals surface area contributed by atoms with Crippen molar-refractivity contribution in [3.63, 3.8) is 0 Å². The zero-order chi connectivity index (χ0) is 13.4. The van der Waals surface area contributed by atoms with E-state index in [1.54, 1.807) is 0 Å². The average molecular weight is 254 g/mol. The van der Waals surface area contributed by atoms with Gasteiger partial charge in [0.1, 0.15) is 0 Å². The number of amides is 1. The molecular formula is C14H28N3O. The van der Waals surface area contributed by atoms with Crippen molar-refractivity contribution >= 4 is 5.91 Å². The third kappa shape index (κ3) is 4.58. The second-order valence-corrected chi connectivity index (χ2v) is 4.85. The maximum atomic E-state index is 12.0. The van der Waals surface area contributed by atoms with Crippen molar-refractivity contribution in [2.45, 2.75) is 46.1 Å². The molecule has 4 nitrogen and oxygen atoms in total. The van der Waals surface area contributed by atoms with Gasteiger partial charge in [0, 0.05) is 45.2 Å². The second-order valence-electron chi connectivity index (χ2n) is 4.85. The first-order valence-electron chi connectivity index (χ1n) is 7.37. The molecule has 0 spiro atoms. The summed E-state index contributed by atoms with van der Waals surface area (Å²) in [6.07, 6.45) is 2.98. The lowest BCUT2D eigenvalue weighted by Crippen LogP contribution is -2.43. The van der Waals surface area contributed by atoms with E-state index < -0.39 is 0 Å². The van der Waals surface area contributed by atoms with Gasteiger partial charge >= 0.3 is 0 Å². The quantitative estimate of drug-likeness (QED) is 0.687. The lowest BCUT2D eigenvalue weighted by Gasteiger charge is -2.33. The van der Waals surface area contributed by atoms with Crippen LogP contribution in [0.25, 0.3) is 0 Å². The lowest BCUT2D eigenvalue weighted by atomic mass is 10.0. The highest BCUT2D eigenvalue weighted by atomic mass is 16.2. The van der Waals surface area contributed by atoms with Crippen molar-refractivity contribution in [3.05, 3.63) is 0 Å². The number of rotatable bonds is 7. The zero-order valence-corrected chi connectivity index (χ0v) is 12.2. The number of carbonyl (C=O) groups is 1. The molecule has 0 saturated carbocycles. The molecule has 1 heterocycles. The third-order valence-corrected chi connectivity index (χ3v) is 3.89. The molecule has 4 heteroatoms. The Bertz CT molecular complexity index is 235. The van der Waals surface area contributed by atoms with E-state index in [1.165, 1.54) is 0 Å². The SMILES string of the molecule is CCN(CC)C(=O)CCN(CC)C1CC[N]CC1. The van der Waals surface area contributed by atoms with Crippen LogP contribution >= 0.6 is 0 Å². The largest absolute Gasteiger partial charge is 0.343 e. The van der Waals surface area contributed by atoms with E-state index in [0.29, 0.717) is 18.4 Å². The van der Waals surface area contributed by atoms with E-state index in [2.05, 4.69) is 17.1 Å². The van der Waals surface area contributed by atoms with Crippen LogP contribution in [0.1, 0.15) is 40.0 Å². The first-order chi connectivity index (χ1) is 8.72. The molecule has 0 unspecified atom stereocenters. The molecule has 0 N–H and O–H groups in total. The van der Waals surface area contributed by atoms with E-state index in [0.717, 1.165) is 52.1 Å². The van der Waals surface area contributed by atoms with Gasteiger partial charge in [-0.25, -0.2) is 5.32 Å². The topological polar surface area (TPSA) is 37.7 Å². The second kappa shape index (κ2) is 8.48. The molecule has 18 heavy (non-hydrogen) atoms. The molecular weight excluding hydrogens is 226 g/mol. The monoisotopic (exact) mass is 254 g/mol. The molecule has 1 rings (SSSR count). The minimum absolute atomic E-state index is 0.291. The molecule has 0 aromatic carbocycles. The fourth-order valence-electron chi connectivity index (χ4n) is 2.67. The Morgan fingerprint density at radius 2 is 1.72 bits per heavy atom. The van der Waals surface area contributed by atoms with E-state index in [1.807, 2.05) is 18.7 Å². The van der Waals surface area contributed by atoms with Gasteiger partial charge in [-0.3, -0.25) is 4.79 Å². The Balaban J connectivity index is 2.36. The summed E-state index contributed by atoms with van der Waals surface area (Å²) in [4.78, 5) is 16.4. The van der Waals surface area contributed by atoms with Crippen LogP contribution in [0.3, 0.4) is 0 Å². The van der Waals surface area contributed by atoms with Crippen molar-refractivity contribution < 1.29 is 4.79 Å². The summed E-state index contributed by atoms with van der Waals surface area (Å²) in [7, 11) is 0. The summed E-state index contributed by atoms with van der Waals surface area (Å²) < 4.78 is 0. The summed E-state index contributed by atoms with van der Waals surface area (Å²) in [5, 5.41) is 4.39. The molecule has 1 saturated heterocycles. The molecule has 1 amide bonds. The molecule has 0 aliphatic carbocycles. The van der Waals surface area contributed by atoms with Crippen LogP contribution in [0, 0.1) is 0 Å². The molecule has 1 radical (unpaired) electrons. The Morgan fingerprint density at radius 3 is 2.22 bits per heavy atom. The Kier molecular flexibility index (Phi) is 7.28. The molecule has 0 aromatic heterocycles. The van der Waals surface area contributed by atoms with E-state index in [9.17, 15) is 4.79 Å². The van der Waals surface area contributed by atoms with Crippen LogP contribution in [0.2, 0.25) is 0 Å². The lowest BCUT2D eigenvalue weighted by molar-refractivity contribution is -0.131. The normalized spacial score (nSPS) is 17.1. The minimum Gasteiger partial charge on any atom is -0.343 e. The summed E-state index contributed by atoms with van der Waals surface area (Å²) in [6, 6.07) is 0.636. The van der Waals surface area contributed by atoms with Crippen LogP contribution in [-0.2, 0) is 4.79 Å². The first-order valence-corrected chi connectivity index (χ1v) is 7.37. The molecule has 0 bridgehead atoms. The van der Waals surface area contributed by atoms with Gasteiger partial charge in [-0.2, -0.15) is 0 Å². The fraction of sp³-hybridized carbons (Fsp3) is 0.929. The van der Waals surface area contributed by atoms with Crippen molar-refractivity contribution in [1.29, 1.82) is 0 Å². The summed E-state index contributed by atoms with van der Waals surface area (Å²) in [6.45, 7) is 11.8. The maximum Gasteiger partial charge on any atom is 0.223 e. The smallest absolute Gasteiger partial charge is 0.223 e. The van der Waals surface area contributed by atoms with Gasteiger partial charge in [0.25, 0.3) is 0 Å². The Hall–Kier alpha value is -0.610. The van der Waals surface area contributed by atoms with Gasteiger partial charge in [-0.05, 0) is 33.2 Å². The zero-order valence-electron chi connectivity index (χ0n) is 12.2. The maximum absolute atomic E-state index is 12.0. The number of nitrogens with zero attached hydrogens (tertiary/aromatic N) is 3.